The van der Waals surface area contributed by atoms with Gasteiger partial charge in [0.15, 0.2) is 15.7 Å². The molecule has 194 valence electrons. The van der Waals surface area contributed by atoms with Crippen LogP contribution in [-0.4, -0.2) is 92.0 Å². The Balaban J connectivity index is 1.18. The number of benzene rings is 2. The molecular weight excluding hydrogens is 486 g/mol. The molecule has 0 aliphatic carbocycles. The predicted molar refractivity (Wildman–Crippen MR) is 149 cm³/mol. The predicted octanol–water partition coefficient (Wildman–Crippen LogP) is 3.47. The third kappa shape index (κ3) is 4.76. The van der Waals surface area contributed by atoms with Crippen molar-refractivity contribution in [1.29, 1.82) is 0 Å². The van der Waals surface area contributed by atoms with Crippen molar-refractivity contribution in [3.63, 3.8) is 0 Å². The molecule has 37 heavy (non-hydrogen) atoms. The molecule has 0 saturated carbocycles. The van der Waals surface area contributed by atoms with E-state index < -0.39 is 9.84 Å². The van der Waals surface area contributed by atoms with Crippen molar-refractivity contribution in [2.24, 2.45) is 0 Å². The number of H-pyrrole nitrogens is 1. The third-order valence-electron chi connectivity index (χ3n) is 7.80. The summed E-state index contributed by atoms with van der Waals surface area (Å²) in [4.78, 5) is 12.6. The van der Waals surface area contributed by atoms with Gasteiger partial charge in [0.05, 0.1) is 16.6 Å². The highest BCUT2D eigenvalue weighted by molar-refractivity contribution is 7.91. The van der Waals surface area contributed by atoms with Gasteiger partial charge in [-0.15, -0.1) is 0 Å². The lowest BCUT2D eigenvalue weighted by molar-refractivity contribution is 0.0982. The van der Waals surface area contributed by atoms with Gasteiger partial charge in [0, 0.05) is 73.7 Å². The molecule has 0 amide bonds. The first-order chi connectivity index (χ1) is 17.9. The van der Waals surface area contributed by atoms with Crippen molar-refractivity contribution in [2.75, 3.05) is 62.8 Å². The molecule has 2 aliphatic heterocycles. The number of fused-ring (bicyclic) bond motifs is 3. The monoisotopic (exact) mass is 519 g/mol. The standard InChI is InChI=1S/C27H33N7O2S/c1-32-14-16-34(17-15-32)21-10-12-33(13-11-21)20-8-6-19(7-9-20)29-27-26-22(18-28-31-26)25-23(30-27)4-3-5-24(25)37(2,35)36/h3-9,18,21H,10-17H2,1-2H3,(H,28,31)(H,29,30). The lowest BCUT2D eigenvalue weighted by atomic mass is 10.0. The van der Waals surface area contributed by atoms with Crippen molar-refractivity contribution in [3.05, 3.63) is 48.7 Å². The Morgan fingerprint density at radius 2 is 1.70 bits per heavy atom. The van der Waals surface area contributed by atoms with Crippen LogP contribution < -0.4 is 10.2 Å². The molecule has 2 fully saturated rings. The van der Waals surface area contributed by atoms with Crippen LogP contribution in [0.1, 0.15) is 12.8 Å². The fourth-order valence-corrected chi connectivity index (χ4v) is 6.60. The van der Waals surface area contributed by atoms with Crippen molar-refractivity contribution in [1.82, 2.24) is 25.0 Å². The second-order valence-corrected chi connectivity index (χ2v) is 12.3. The second kappa shape index (κ2) is 9.59. The summed E-state index contributed by atoms with van der Waals surface area (Å²) in [6.07, 6.45) is 5.29. The lowest BCUT2D eigenvalue weighted by Gasteiger charge is -2.42. The van der Waals surface area contributed by atoms with E-state index >= 15 is 0 Å². The van der Waals surface area contributed by atoms with Gasteiger partial charge in [-0.3, -0.25) is 10.00 Å². The van der Waals surface area contributed by atoms with Gasteiger partial charge in [-0.1, -0.05) is 6.07 Å². The minimum Gasteiger partial charge on any atom is -0.371 e. The highest BCUT2D eigenvalue weighted by atomic mass is 32.2. The van der Waals surface area contributed by atoms with E-state index in [1.54, 1.807) is 18.3 Å². The number of nitrogens with one attached hydrogen (secondary N) is 2. The van der Waals surface area contributed by atoms with Crippen LogP contribution in [0.5, 0.6) is 0 Å². The van der Waals surface area contributed by atoms with E-state index in [4.69, 9.17) is 4.98 Å². The Labute approximate surface area is 217 Å². The smallest absolute Gasteiger partial charge is 0.176 e. The number of nitrogens with zero attached hydrogens (tertiary/aromatic N) is 5. The molecule has 0 radical (unpaired) electrons. The molecule has 9 nitrogen and oxygen atoms in total. The van der Waals surface area contributed by atoms with E-state index in [9.17, 15) is 8.42 Å². The molecule has 0 atom stereocenters. The number of pyridine rings is 1. The van der Waals surface area contributed by atoms with E-state index in [1.165, 1.54) is 51.0 Å². The SMILES string of the molecule is CN1CCN(C2CCN(c3ccc(Nc4nc5cccc(S(C)(=O)=O)c5c5cn[nH]c45)cc3)CC2)CC1. The molecular formula is C27H33N7O2S. The number of piperidine rings is 1. The molecule has 4 heterocycles. The Morgan fingerprint density at radius 3 is 2.41 bits per heavy atom. The normalized spacial score (nSPS) is 18.6. The van der Waals surface area contributed by atoms with E-state index in [2.05, 4.69) is 61.5 Å². The zero-order chi connectivity index (χ0) is 25.6. The molecule has 10 heteroatoms. The number of sulfone groups is 1. The van der Waals surface area contributed by atoms with Gasteiger partial charge in [-0.05, 0) is 56.3 Å². The second-order valence-electron chi connectivity index (χ2n) is 10.3. The average Bonchev–Trinajstić information content (AvgIpc) is 3.40. The molecule has 4 aromatic rings. The molecule has 0 bridgehead atoms. The van der Waals surface area contributed by atoms with Crippen molar-refractivity contribution in [3.8, 4) is 0 Å². The van der Waals surface area contributed by atoms with Gasteiger partial charge in [-0.2, -0.15) is 5.10 Å². The summed E-state index contributed by atoms with van der Waals surface area (Å²) in [5.74, 6) is 0.617. The van der Waals surface area contributed by atoms with Crippen LogP contribution in [0.4, 0.5) is 17.2 Å². The average molecular weight is 520 g/mol. The van der Waals surface area contributed by atoms with Crippen LogP contribution in [0.3, 0.4) is 0 Å². The zero-order valence-corrected chi connectivity index (χ0v) is 22.1. The van der Waals surface area contributed by atoms with Crippen LogP contribution in [0.15, 0.2) is 53.6 Å². The summed E-state index contributed by atoms with van der Waals surface area (Å²) in [7, 11) is -1.20. The minimum absolute atomic E-state index is 0.260. The van der Waals surface area contributed by atoms with Crippen molar-refractivity contribution in [2.45, 2.75) is 23.8 Å². The number of rotatable bonds is 5. The Kier molecular flexibility index (Phi) is 6.26. The fraction of sp³-hybridized carbons (Fsp3) is 0.407. The fourth-order valence-electron chi connectivity index (χ4n) is 5.68. The summed E-state index contributed by atoms with van der Waals surface area (Å²) in [5.41, 5.74) is 3.44. The highest BCUT2D eigenvalue weighted by Crippen LogP contribution is 2.34. The van der Waals surface area contributed by atoms with Gasteiger partial charge in [0.1, 0.15) is 5.52 Å². The summed E-state index contributed by atoms with van der Waals surface area (Å²) in [6.45, 7) is 6.86. The molecule has 0 unspecified atom stereocenters. The summed E-state index contributed by atoms with van der Waals surface area (Å²) >= 11 is 0. The van der Waals surface area contributed by atoms with Crippen molar-refractivity contribution >= 4 is 48.8 Å². The molecule has 6 rings (SSSR count). The third-order valence-corrected chi connectivity index (χ3v) is 8.93. The molecule has 0 spiro atoms. The number of hydrogen-bond acceptors (Lipinski definition) is 8. The first-order valence-corrected chi connectivity index (χ1v) is 14.8. The molecule has 2 saturated heterocycles. The van der Waals surface area contributed by atoms with Crippen LogP contribution >= 0.6 is 0 Å². The summed E-state index contributed by atoms with van der Waals surface area (Å²) in [6, 6.07) is 14.3. The van der Waals surface area contributed by atoms with Gasteiger partial charge in [-0.25, -0.2) is 13.4 Å². The quantitative estimate of drug-likeness (QED) is 0.414. The molecule has 2 aromatic carbocycles. The Hall–Kier alpha value is -3.21. The van der Waals surface area contributed by atoms with Gasteiger partial charge < -0.3 is 15.1 Å². The van der Waals surface area contributed by atoms with Crippen LogP contribution in [-0.2, 0) is 9.84 Å². The van der Waals surface area contributed by atoms with E-state index in [1.807, 2.05) is 6.07 Å². The lowest BCUT2D eigenvalue weighted by Crippen LogP contribution is -2.52. The van der Waals surface area contributed by atoms with Crippen LogP contribution in [0.25, 0.3) is 21.8 Å². The number of hydrogen-bond donors (Lipinski definition) is 2. The molecule has 2 aliphatic rings. The topological polar surface area (TPSA) is 97.5 Å². The number of piperazine rings is 1. The zero-order valence-electron chi connectivity index (χ0n) is 21.3. The summed E-state index contributed by atoms with van der Waals surface area (Å²) < 4.78 is 24.8. The van der Waals surface area contributed by atoms with Crippen LogP contribution in [0, 0.1) is 0 Å². The Bertz CT molecular complexity index is 1520. The molecule has 2 aromatic heterocycles. The summed E-state index contributed by atoms with van der Waals surface area (Å²) in [5, 5.41) is 11.9. The highest BCUT2D eigenvalue weighted by Gasteiger charge is 2.26. The number of aromatic nitrogens is 3. The van der Waals surface area contributed by atoms with Crippen molar-refractivity contribution < 1.29 is 8.42 Å². The van der Waals surface area contributed by atoms with E-state index in [0.29, 0.717) is 28.3 Å². The number of likely N-dealkylation sites (N-methyl/N-ethyl adjacent to an activating group) is 1. The maximum absolute atomic E-state index is 12.4. The maximum atomic E-state index is 12.4. The first-order valence-electron chi connectivity index (χ1n) is 12.9. The van der Waals surface area contributed by atoms with Crippen LogP contribution in [0.2, 0.25) is 0 Å². The van der Waals surface area contributed by atoms with Gasteiger partial charge in [0.25, 0.3) is 0 Å². The Morgan fingerprint density at radius 1 is 0.973 bits per heavy atom. The molecule has 2 N–H and O–H groups in total. The minimum atomic E-state index is -3.41. The number of aromatic amines is 1. The maximum Gasteiger partial charge on any atom is 0.176 e. The van der Waals surface area contributed by atoms with E-state index in [-0.39, 0.29) is 4.90 Å². The van der Waals surface area contributed by atoms with E-state index in [0.717, 1.165) is 24.2 Å². The van der Waals surface area contributed by atoms with Gasteiger partial charge in [0.2, 0.25) is 0 Å². The van der Waals surface area contributed by atoms with Gasteiger partial charge >= 0.3 is 0 Å². The number of anilines is 3. The first kappa shape index (κ1) is 24.1. The largest absolute Gasteiger partial charge is 0.371 e.